The van der Waals surface area contributed by atoms with E-state index >= 15 is 0 Å². The number of primary amides is 1. The number of carbonyl (C=O) groups excluding carboxylic acids is 3. The monoisotopic (exact) mass is 422 g/mol. The molecule has 3 aromatic heterocycles. The Hall–Kier alpha value is -4.08. The number of hydrogen-bond acceptors (Lipinski definition) is 6. The van der Waals surface area contributed by atoms with Gasteiger partial charge < -0.3 is 16.0 Å². The minimum atomic E-state index is -0.958. The van der Waals surface area contributed by atoms with E-state index in [2.05, 4.69) is 15.3 Å². The number of nitrogens with one attached hydrogen (secondary N) is 1. The number of carbonyl (C=O) groups is 3. The van der Waals surface area contributed by atoms with Crippen LogP contribution in [0.1, 0.15) is 34.6 Å². The summed E-state index contributed by atoms with van der Waals surface area (Å²) < 4.78 is 1.08. The highest BCUT2D eigenvalue weighted by Crippen LogP contribution is 2.19. The molecule has 3 aromatic rings. The Labute approximate surface area is 177 Å². The van der Waals surface area contributed by atoms with E-state index in [1.807, 2.05) is 13.8 Å². The summed E-state index contributed by atoms with van der Waals surface area (Å²) in [5, 5.41) is 2.96. The number of rotatable bonds is 7. The number of nitrogens with zero attached hydrogens (tertiary/aromatic N) is 4. The van der Waals surface area contributed by atoms with Gasteiger partial charge in [0.25, 0.3) is 17.4 Å². The molecule has 0 aliphatic heterocycles. The first-order valence-corrected chi connectivity index (χ1v) is 9.68. The predicted octanol–water partition coefficient (Wildman–Crippen LogP) is 1.01. The average Bonchev–Trinajstić information content (AvgIpc) is 2.76. The van der Waals surface area contributed by atoms with Gasteiger partial charge in [-0.25, -0.2) is 4.98 Å². The highest BCUT2D eigenvalue weighted by molar-refractivity contribution is 6.12. The minimum absolute atomic E-state index is 0.109. The van der Waals surface area contributed by atoms with Crippen molar-refractivity contribution in [2.45, 2.75) is 20.4 Å². The molecule has 0 saturated carbocycles. The molecule has 0 saturated heterocycles. The highest BCUT2D eigenvalue weighted by atomic mass is 16.2. The number of amides is 3. The first-order chi connectivity index (χ1) is 14.9. The molecule has 0 aromatic carbocycles. The van der Waals surface area contributed by atoms with Gasteiger partial charge in [0.2, 0.25) is 5.91 Å². The molecule has 0 atom stereocenters. The second kappa shape index (κ2) is 9.16. The molecule has 10 nitrogen and oxygen atoms in total. The summed E-state index contributed by atoms with van der Waals surface area (Å²) in [6.45, 7) is 4.24. The molecule has 31 heavy (non-hydrogen) atoms. The van der Waals surface area contributed by atoms with E-state index in [1.165, 1.54) is 30.7 Å². The van der Waals surface area contributed by atoms with Gasteiger partial charge in [-0.3, -0.25) is 28.7 Å². The van der Waals surface area contributed by atoms with E-state index < -0.39 is 17.4 Å². The quantitative estimate of drug-likeness (QED) is 0.582. The molecule has 0 radical (unpaired) electrons. The maximum Gasteiger partial charge on any atom is 0.265 e. The van der Waals surface area contributed by atoms with Crippen molar-refractivity contribution >= 4 is 34.4 Å². The number of hydrogen-bond donors (Lipinski definition) is 2. The second-order valence-corrected chi connectivity index (χ2v) is 6.67. The largest absolute Gasteiger partial charge is 0.365 e. The van der Waals surface area contributed by atoms with Crippen LogP contribution in [-0.2, 0) is 11.3 Å². The van der Waals surface area contributed by atoms with Crippen molar-refractivity contribution in [1.29, 1.82) is 0 Å². The van der Waals surface area contributed by atoms with Gasteiger partial charge in [0.15, 0.2) is 0 Å². The zero-order valence-electron chi connectivity index (χ0n) is 17.2. The van der Waals surface area contributed by atoms with Gasteiger partial charge in [-0.1, -0.05) is 0 Å². The second-order valence-electron chi connectivity index (χ2n) is 6.67. The normalized spacial score (nSPS) is 10.6. The van der Waals surface area contributed by atoms with Crippen molar-refractivity contribution in [3.8, 4) is 0 Å². The molecule has 0 spiro atoms. The van der Waals surface area contributed by atoms with Crippen LogP contribution in [0, 0.1) is 0 Å². The number of likely N-dealkylation sites (N-methyl/N-ethyl adjacent to an activating group) is 1. The summed E-state index contributed by atoms with van der Waals surface area (Å²) in [4.78, 5) is 60.0. The highest BCUT2D eigenvalue weighted by Gasteiger charge is 2.21. The van der Waals surface area contributed by atoms with Crippen LogP contribution in [0.5, 0.6) is 0 Å². The summed E-state index contributed by atoms with van der Waals surface area (Å²) in [6, 6.07) is 5.95. The first-order valence-electron chi connectivity index (χ1n) is 9.68. The van der Waals surface area contributed by atoms with Crippen LogP contribution in [0.4, 0.5) is 5.69 Å². The molecule has 3 N–H and O–H groups in total. The van der Waals surface area contributed by atoms with Crippen LogP contribution in [0.2, 0.25) is 0 Å². The lowest BCUT2D eigenvalue weighted by atomic mass is 10.1. The lowest BCUT2D eigenvalue weighted by molar-refractivity contribution is -0.131. The van der Waals surface area contributed by atoms with Crippen LogP contribution in [0.25, 0.3) is 11.0 Å². The molecular weight excluding hydrogens is 400 g/mol. The van der Waals surface area contributed by atoms with Crippen molar-refractivity contribution in [3.05, 3.63) is 64.3 Å². The summed E-state index contributed by atoms with van der Waals surface area (Å²) in [5.74, 6) is -1.75. The molecule has 160 valence electrons. The molecule has 0 aliphatic rings. The zero-order valence-corrected chi connectivity index (χ0v) is 17.2. The molecule has 3 heterocycles. The maximum atomic E-state index is 12.9. The van der Waals surface area contributed by atoms with E-state index in [4.69, 9.17) is 5.73 Å². The fourth-order valence-corrected chi connectivity index (χ4v) is 3.23. The van der Waals surface area contributed by atoms with E-state index in [9.17, 15) is 19.2 Å². The van der Waals surface area contributed by atoms with Crippen LogP contribution >= 0.6 is 0 Å². The number of anilines is 1. The minimum Gasteiger partial charge on any atom is -0.365 e. The van der Waals surface area contributed by atoms with Crippen molar-refractivity contribution in [1.82, 2.24) is 19.4 Å². The van der Waals surface area contributed by atoms with Crippen molar-refractivity contribution < 1.29 is 14.4 Å². The van der Waals surface area contributed by atoms with Crippen molar-refractivity contribution in [2.24, 2.45) is 5.73 Å². The number of nitrogens with two attached hydrogens (primary N) is 1. The van der Waals surface area contributed by atoms with Gasteiger partial charge >= 0.3 is 0 Å². The van der Waals surface area contributed by atoms with E-state index in [-0.39, 0.29) is 34.6 Å². The van der Waals surface area contributed by atoms with Gasteiger partial charge in [-0.2, -0.15) is 0 Å². The fraction of sp³-hybridized carbons (Fsp3) is 0.238. The Balaban J connectivity index is 2.16. The molecule has 0 bridgehead atoms. The standard InChI is InChI=1S/C21H22N6O4/c1-3-26(4-2)17(28)12-27-19-15(11-16(18(22)29)21(27)31)14(7-10-24-19)20(30)25-13-5-8-23-9-6-13/h5-11H,3-4,12H2,1-2H3,(H2,22,29)(H,23,25,30). The van der Waals surface area contributed by atoms with Gasteiger partial charge in [0.05, 0.1) is 5.56 Å². The van der Waals surface area contributed by atoms with Crippen molar-refractivity contribution in [2.75, 3.05) is 18.4 Å². The Morgan fingerprint density at radius 3 is 2.35 bits per heavy atom. The maximum absolute atomic E-state index is 12.9. The van der Waals surface area contributed by atoms with Crippen molar-refractivity contribution in [3.63, 3.8) is 0 Å². The van der Waals surface area contributed by atoms with E-state index in [0.29, 0.717) is 18.8 Å². The zero-order chi connectivity index (χ0) is 22.5. The molecule has 0 fully saturated rings. The van der Waals surface area contributed by atoms with E-state index in [1.54, 1.807) is 17.0 Å². The molecule has 0 aliphatic carbocycles. The summed E-state index contributed by atoms with van der Waals surface area (Å²) in [6.07, 6.45) is 4.43. The summed E-state index contributed by atoms with van der Waals surface area (Å²) in [5.41, 5.74) is 5.13. The predicted molar refractivity (Wildman–Crippen MR) is 115 cm³/mol. The number of pyridine rings is 3. The van der Waals surface area contributed by atoms with Gasteiger partial charge in [0.1, 0.15) is 17.8 Å². The topological polar surface area (TPSA) is 140 Å². The number of fused-ring (bicyclic) bond motifs is 1. The average molecular weight is 422 g/mol. The van der Waals surface area contributed by atoms with Crippen LogP contribution in [0.3, 0.4) is 0 Å². The molecule has 3 amide bonds. The smallest absolute Gasteiger partial charge is 0.265 e. The molecule has 3 rings (SSSR count). The third kappa shape index (κ3) is 4.42. The Morgan fingerprint density at radius 2 is 1.74 bits per heavy atom. The van der Waals surface area contributed by atoms with Gasteiger partial charge in [0, 0.05) is 42.8 Å². The summed E-state index contributed by atoms with van der Waals surface area (Å²) in [7, 11) is 0. The van der Waals surface area contributed by atoms with Crippen LogP contribution < -0.4 is 16.6 Å². The molecule has 10 heteroatoms. The summed E-state index contributed by atoms with van der Waals surface area (Å²) >= 11 is 0. The first kappa shape index (κ1) is 21.6. The Morgan fingerprint density at radius 1 is 1.06 bits per heavy atom. The van der Waals surface area contributed by atoms with Crippen LogP contribution in [0.15, 0.2) is 47.7 Å². The third-order valence-electron chi connectivity index (χ3n) is 4.85. The molecule has 0 unspecified atom stereocenters. The molecular formula is C21H22N6O4. The van der Waals surface area contributed by atoms with Gasteiger partial charge in [-0.15, -0.1) is 0 Å². The van der Waals surface area contributed by atoms with Crippen LogP contribution in [-0.4, -0.2) is 50.2 Å². The van der Waals surface area contributed by atoms with E-state index in [0.717, 1.165) is 4.57 Å². The lowest BCUT2D eigenvalue weighted by Crippen LogP contribution is -2.38. The fourth-order valence-electron chi connectivity index (χ4n) is 3.23. The third-order valence-corrected chi connectivity index (χ3v) is 4.85. The SMILES string of the molecule is CCN(CC)C(=O)Cn1c(=O)c(C(N)=O)cc2c(C(=O)Nc3ccncc3)ccnc21. The Bertz CT molecular complexity index is 1200. The number of aromatic nitrogens is 3. The lowest BCUT2D eigenvalue weighted by Gasteiger charge is -2.20. The van der Waals surface area contributed by atoms with Gasteiger partial charge in [-0.05, 0) is 38.1 Å². The Kier molecular flexibility index (Phi) is 6.39.